The Morgan fingerprint density at radius 1 is 0.837 bits per heavy atom. The summed E-state index contributed by atoms with van der Waals surface area (Å²) in [7, 11) is 0. The lowest BCUT2D eigenvalue weighted by molar-refractivity contribution is 0.251. The minimum atomic E-state index is 0.0926. The van der Waals surface area contributed by atoms with E-state index in [9.17, 15) is 5.26 Å². The van der Waals surface area contributed by atoms with Gasteiger partial charge in [-0.25, -0.2) is 0 Å². The number of hydrogen-bond acceptors (Lipinski definition) is 3. The quantitative estimate of drug-likeness (QED) is 0.358. The highest BCUT2D eigenvalue weighted by atomic mass is 15.1. The minimum Gasteiger partial charge on any atom is -0.289 e. The van der Waals surface area contributed by atoms with Crippen LogP contribution in [-0.4, -0.2) is 17.9 Å². The summed E-state index contributed by atoms with van der Waals surface area (Å²) >= 11 is 0. The number of fused-ring (bicyclic) bond motifs is 1. The van der Waals surface area contributed by atoms with E-state index in [0.29, 0.717) is 35.6 Å². The van der Waals surface area contributed by atoms with E-state index >= 15 is 0 Å². The maximum Gasteiger partial charge on any atom is 0.122 e. The van der Waals surface area contributed by atoms with Gasteiger partial charge in [0.1, 0.15) is 6.17 Å². The van der Waals surface area contributed by atoms with Crippen molar-refractivity contribution in [3.8, 4) is 6.07 Å². The molecule has 43 heavy (non-hydrogen) atoms. The summed E-state index contributed by atoms with van der Waals surface area (Å²) < 4.78 is 0. The van der Waals surface area contributed by atoms with Crippen LogP contribution in [0.25, 0.3) is 6.08 Å². The molecule has 6 unspecified atom stereocenters. The van der Waals surface area contributed by atoms with Gasteiger partial charge < -0.3 is 0 Å². The first-order valence-electron chi connectivity index (χ1n) is 17.4. The summed E-state index contributed by atoms with van der Waals surface area (Å²) in [5, 5.41) is 13.4. The van der Waals surface area contributed by atoms with Crippen LogP contribution >= 0.6 is 0 Å². The van der Waals surface area contributed by atoms with Crippen LogP contribution in [0.15, 0.2) is 71.3 Å². The van der Waals surface area contributed by atoms with Crippen LogP contribution in [-0.2, 0) is 6.42 Å². The zero-order valence-electron chi connectivity index (χ0n) is 26.1. The third kappa shape index (κ3) is 5.93. The van der Waals surface area contributed by atoms with E-state index in [0.717, 1.165) is 38.5 Å². The van der Waals surface area contributed by atoms with Crippen LogP contribution in [0.2, 0.25) is 0 Å². The molecule has 3 heteroatoms. The number of hydrogen-bond donors (Lipinski definition) is 1. The maximum absolute atomic E-state index is 9.35. The first-order chi connectivity index (χ1) is 21.2. The van der Waals surface area contributed by atoms with Gasteiger partial charge in [0, 0.05) is 23.6 Å². The van der Waals surface area contributed by atoms with E-state index in [1.165, 1.54) is 67.4 Å². The Kier molecular flexibility index (Phi) is 8.67. The molecule has 0 amide bonds. The van der Waals surface area contributed by atoms with E-state index in [1.54, 1.807) is 11.1 Å². The van der Waals surface area contributed by atoms with Gasteiger partial charge >= 0.3 is 0 Å². The fourth-order valence-corrected chi connectivity index (χ4v) is 9.21. The van der Waals surface area contributed by atoms with Crippen molar-refractivity contribution in [2.24, 2.45) is 28.7 Å². The predicted octanol–water partition coefficient (Wildman–Crippen LogP) is 9.50. The van der Waals surface area contributed by atoms with E-state index in [-0.39, 0.29) is 12.1 Å². The zero-order valence-corrected chi connectivity index (χ0v) is 26.1. The molecule has 1 aromatic rings. The lowest BCUT2D eigenvalue weighted by atomic mass is 9.69. The highest BCUT2D eigenvalue weighted by Gasteiger charge is 2.40. The Morgan fingerprint density at radius 3 is 2.42 bits per heavy atom. The molecule has 224 valence electrons. The molecule has 5 aliphatic carbocycles. The second kappa shape index (κ2) is 13.0. The number of rotatable bonds is 5. The highest BCUT2D eigenvalue weighted by Crippen LogP contribution is 2.44. The average Bonchev–Trinajstić information content (AvgIpc) is 3.09. The number of nitrogens with one attached hydrogen (secondary N) is 1. The molecule has 0 bridgehead atoms. The summed E-state index contributed by atoms with van der Waals surface area (Å²) in [5.74, 6) is 3.03. The Balaban J connectivity index is 1.10. The lowest BCUT2D eigenvalue weighted by Crippen LogP contribution is -2.54. The Morgan fingerprint density at radius 2 is 1.67 bits per heavy atom. The highest BCUT2D eigenvalue weighted by molar-refractivity contribution is 5.90. The fourth-order valence-electron chi connectivity index (χ4n) is 9.21. The normalized spacial score (nSPS) is 35.5. The maximum atomic E-state index is 9.35. The Hall–Kier alpha value is -2.96. The van der Waals surface area contributed by atoms with Crippen molar-refractivity contribution in [3.63, 3.8) is 0 Å². The molecular formula is C40H49N3. The number of aliphatic imine (C=N–C) groups is 1. The average molecular weight is 572 g/mol. The molecular weight excluding hydrogens is 522 g/mol. The summed E-state index contributed by atoms with van der Waals surface area (Å²) in [6.45, 7) is 2.48. The van der Waals surface area contributed by atoms with Crippen LogP contribution in [0.3, 0.4) is 0 Å². The summed E-state index contributed by atoms with van der Waals surface area (Å²) in [6, 6.07) is 7.90. The van der Waals surface area contributed by atoms with Crippen LogP contribution < -0.4 is 5.32 Å². The standard InChI is InChI=1S/C40H49N3/c1-27-38(31-10-4-2-5-11-31)42-40(33-12-6-3-7-13-33)43-39(27)32-22-20-30(21-23-32)35-25-24-34(36-14-8-9-15-37(35)36)29-18-16-28(26-41)17-19-29/h2-4,6,9,12,15-16,18,24-25,27-32,38,40,42H,5,7-8,10-11,13-14,17,19-23H2,1H3. The van der Waals surface area contributed by atoms with E-state index in [2.05, 4.69) is 85.1 Å². The molecule has 3 nitrogen and oxygen atoms in total. The van der Waals surface area contributed by atoms with Gasteiger partial charge in [-0.2, -0.15) is 5.26 Å². The molecule has 7 rings (SSSR count). The van der Waals surface area contributed by atoms with Crippen LogP contribution in [0.4, 0.5) is 0 Å². The van der Waals surface area contributed by atoms with Gasteiger partial charge in [0.05, 0.1) is 12.0 Å². The number of nitrogens with zero attached hydrogens (tertiary/aromatic N) is 2. The van der Waals surface area contributed by atoms with Crippen molar-refractivity contribution < 1.29 is 0 Å². The first kappa shape index (κ1) is 28.8. The van der Waals surface area contributed by atoms with Crippen molar-refractivity contribution >= 4 is 11.8 Å². The molecule has 0 spiro atoms. The Labute approximate surface area is 259 Å². The monoisotopic (exact) mass is 571 g/mol. The molecule has 1 aliphatic heterocycles. The molecule has 1 aromatic carbocycles. The van der Waals surface area contributed by atoms with E-state index in [1.807, 2.05) is 0 Å². The van der Waals surface area contributed by atoms with Crippen molar-refractivity contribution in [2.45, 2.75) is 114 Å². The third-order valence-corrected chi connectivity index (χ3v) is 11.6. The molecule has 1 fully saturated rings. The van der Waals surface area contributed by atoms with E-state index < -0.39 is 0 Å². The first-order valence-corrected chi connectivity index (χ1v) is 17.4. The molecule has 6 aliphatic rings. The summed E-state index contributed by atoms with van der Waals surface area (Å²) in [5.41, 5.74) is 9.22. The van der Waals surface area contributed by atoms with Gasteiger partial charge in [0.25, 0.3) is 0 Å². The lowest BCUT2D eigenvalue weighted by Gasteiger charge is -2.44. The summed E-state index contributed by atoms with van der Waals surface area (Å²) in [4.78, 5) is 5.55. The fraction of sp³-hybridized carbons (Fsp3) is 0.550. The van der Waals surface area contributed by atoms with Crippen molar-refractivity contribution in [1.82, 2.24) is 5.32 Å². The molecule has 6 atom stereocenters. The van der Waals surface area contributed by atoms with Crippen molar-refractivity contribution in [1.29, 1.82) is 5.26 Å². The van der Waals surface area contributed by atoms with Gasteiger partial charge in [-0.15, -0.1) is 0 Å². The molecule has 1 N–H and O–H groups in total. The van der Waals surface area contributed by atoms with Crippen LogP contribution in [0.1, 0.15) is 118 Å². The number of nitriles is 1. The SMILES string of the molecule is CC1C(C2CCC(c3ccc(C4C=CC(C#N)CC4)c4c3C=CCC4)CC2)=NC(C2=CC=CCC2)NC1C1CC=CCC1. The number of allylic oxidation sites excluding steroid dienone is 8. The van der Waals surface area contributed by atoms with E-state index in [4.69, 9.17) is 4.99 Å². The van der Waals surface area contributed by atoms with Gasteiger partial charge in [-0.1, -0.05) is 73.7 Å². The number of benzene rings is 1. The Bertz CT molecular complexity index is 1410. The third-order valence-electron chi connectivity index (χ3n) is 11.6. The van der Waals surface area contributed by atoms with Crippen LogP contribution in [0, 0.1) is 35.0 Å². The molecule has 0 radical (unpaired) electrons. The van der Waals surface area contributed by atoms with Crippen molar-refractivity contribution in [2.75, 3.05) is 0 Å². The minimum absolute atomic E-state index is 0.0926. The van der Waals surface area contributed by atoms with Gasteiger partial charge in [-0.3, -0.25) is 10.3 Å². The molecule has 1 heterocycles. The smallest absolute Gasteiger partial charge is 0.122 e. The van der Waals surface area contributed by atoms with Gasteiger partial charge in [-0.05, 0) is 129 Å². The van der Waals surface area contributed by atoms with Crippen LogP contribution in [0.5, 0.6) is 0 Å². The van der Waals surface area contributed by atoms with Crippen molar-refractivity contribution in [3.05, 3.63) is 88.6 Å². The topological polar surface area (TPSA) is 48.2 Å². The molecule has 0 saturated heterocycles. The largest absolute Gasteiger partial charge is 0.289 e. The second-order valence-corrected chi connectivity index (χ2v) is 14.1. The summed E-state index contributed by atoms with van der Waals surface area (Å²) in [6.07, 6.45) is 36.6. The zero-order chi connectivity index (χ0) is 29.2. The molecule has 1 saturated carbocycles. The second-order valence-electron chi connectivity index (χ2n) is 14.1. The van der Waals surface area contributed by atoms with Gasteiger partial charge in [0.2, 0.25) is 0 Å². The predicted molar refractivity (Wildman–Crippen MR) is 179 cm³/mol. The molecule has 0 aromatic heterocycles. The van der Waals surface area contributed by atoms with Gasteiger partial charge in [0.15, 0.2) is 0 Å².